The first-order valence-corrected chi connectivity index (χ1v) is 6.63. The molecule has 116 valence electrons. The number of carbonyl (C=O) groups is 2. The highest BCUT2D eigenvalue weighted by molar-refractivity contribution is 5.82. The Bertz CT molecular complexity index is 348. The maximum atomic E-state index is 11.3. The van der Waals surface area contributed by atoms with Crippen LogP contribution in [0.3, 0.4) is 0 Å². The summed E-state index contributed by atoms with van der Waals surface area (Å²) in [5.41, 5.74) is -0.791. The first kappa shape index (κ1) is 18.6. The molecule has 0 saturated carbocycles. The molecule has 0 aliphatic rings. The van der Waals surface area contributed by atoms with Crippen molar-refractivity contribution in [2.45, 2.75) is 46.3 Å². The number of esters is 2. The van der Waals surface area contributed by atoms with E-state index in [-0.39, 0.29) is 19.6 Å². The molecule has 0 aromatic heterocycles. The third kappa shape index (κ3) is 6.68. The summed E-state index contributed by atoms with van der Waals surface area (Å²) >= 11 is 0. The number of carbonyl (C=O) groups excluding carboxylic acids is 2. The zero-order valence-corrected chi connectivity index (χ0v) is 12.5. The summed E-state index contributed by atoms with van der Waals surface area (Å²) in [6, 6.07) is 0. The molecule has 0 bridgehead atoms. The number of hydrogen-bond donors (Lipinski definition) is 2. The van der Waals surface area contributed by atoms with Crippen molar-refractivity contribution < 1.29 is 29.3 Å². The predicted molar refractivity (Wildman–Crippen MR) is 72.8 cm³/mol. The molecule has 6 heteroatoms. The van der Waals surface area contributed by atoms with E-state index in [0.717, 1.165) is 0 Å². The van der Waals surface area contributed by atoms with E-state index in [1.54, 1.807) is 27.7 Å². The van der Waals surface area contributed by atoms with Gasteiger partial charge in [0.15, 0.2) is 6.10 Å². The van der Waals surface area contributed by atoms with Gasteiger partial charge in [0.1, 0.15) is 0 Å². The van der Waals surface area contributed by atoms with Gasteiger partial charge < -0.3 is 19.7 Å². The summed E-state index contributed by atoms with van der Waals surface area (Å²) in [5.74, 6) is -1.27. The van der Waals surface area contributed by atoms with Crippen LogP contribution in [0.4, 0.5) is 0 Å². The summed E-state index contributed by atoms with van der Waals surface area (Å²) in [5, 5.41) is 19.6. The predicted octanol–water partition coefficient (Wildman–Crippen LogP) is 0.807. The van der Waals surface area contributed by atoms with Crippen LogP contribution in [0.2, 0.25) is 0 Å². The Balaban J connectivity index is 4.53. The topological polar surface area (TPSA) is 93.1 Å². The lowest BCUT2D eigenvalue weighted by Crippen LogP contribution is -2.35. The maximum Gasteiger partial charge on any atom is 0.335 e. The van der Waals surface area contributed by atoms with E-state index in [4.69, 9.17) is 4.74 Å². The summed E-state index contributed by atoms with van der Waals surface area (Å²) in [6.45, 7) is 7.14. The number of rotatable bonds is 8. The Labute approximate surface area is 119 Å². The quantitative estimate of drug-likeness (QED) is 0.507. The SMILES string of the molecule is CCOC(=O)/C=C/C(C)(C)[C@H](O)C[C@H](O)C(=O)OCC. The summed E-state index contributed by atoms with van der Waals surface area (Å²) in [6.07, 6.45) is 0.156. The first-order valence-electron chi connectivity index (χ1n) is 6.63. The van der Waals surface area contributed by atoms with Gasteiger partial charge >= 0.3 is 11.9 Å². The van der Waals surface area contributed by atoms with Crippen molar-refractivity contribution in [3.05, 3.63) is 12.2 Å². The third-order valence-corrected chi connectivity index (χ3v) is 2.80. The van der Waals surface area contributed by atoms with Gasteiger partial charge in [-0.05, 0) is 13.8 Å². The van der Waals surface area contributed by atoms with Crippen LogP contribution >= 0.6 is 0 Å². The number of aliphatic hydroxyl groups excluding tert-OH is 2. The lowest BCUT2D eigenvalue weighted by molar-refractivity contribution is -0.155. The van der Waals surface area contributed by atoms with Gasteiger partial charge in [0, 0.05) is 17.9 Å². The Kier molecular flexibility index (Phi) is 8.10. The monoisotopic (exact) mass is 288 g/mol. The van der Waals surface area contributed by atoms with Gasteiger partial charge in [-0.3, -0.25) is 0 Å². The summed E-state index contributed by atoms with van der Waals surface area (Å²) in [4.78, 5) is 22.5. The molecule has 6 nitrogen and oxygen atoms in total. The van der Waals surface area contributed by atoms with E-state index >= 15 is 0 Å². The first-order chi connectivity index (χ1) is 9.24. The molecule has 20 heavy (non-hydrogen) atoms. The fraction of sp³-hybridized carbons (Fsp3) is 0.714. The van der Waals surface area contributed by atoms with Gasteiger partial charge in [-0.2, -0.15) is 0 Å². The van der Waals surface area contributed by atoms with Crippen molar-refractivity contribution in [3.63, 3.8) is 0 Å². The van der Waals surface area contributed by atoms with Gasteiger partial charge in [-0.15, -0.1) is 0 Å². The van der Waals surface area contributed by atoms with Crippen molar-refractivity contribution in [1.82, 2.24) is 0 Å². The van der Waals surface area contributed by atoms with Gasteiger partial charge in [-0.25, -0.2) is 9.59 Å². The minimum atomic E-state index is -1.39. The second-order valence-corrected chi connectivity index (χ2v) is 4.93. The van der Waals surface area contributed by atoms with Crippen LogP contribution in [0.15, 0.2) is 12.2 Å². The average Bonchev–Trinajstić information content (AvgIpc) is 2.37. The molecule has 0 aromatic rings. The van der Waals surface area contributed by atoms with Crippen LogP contribution < -0.4 is 0 Å². The van der Waals surface area contributed by atoms with Gasteiger partial charge in [0.05, 0.1) is 19.3 Å². The van der Waals surface area contributed by atoms with Crippen molar-refractivity contribution in [3.8, 4) is 0 Å². The van der Waals surface area contributed by atoms with Crippen LogP contribution in [-0.2, 0) is 19.1 Å². The molecular weight excluding hydrogens is 264 g/mol. The highest BCUT2D eigenvalue weighted by Gasteiger charge is 2.30. The Hall–Kier alpha value is -1.40. The molecule has 0 amide bonds. The van der Waals surface area contributed by atoms with Crippen molar-refractivity contribution >= 4 is 11.9 Å². The lowest BCUT2D eigenvalue weighted by atomic mass is 9.83. The van der Waals surface area contributed by atoms with Crippen molar-refractivity contribution in [2.75, 3.05) is 13.2 Å². The average molecular weight is 288 g/mol. The zero-order valence-electron chi connectivity index (χ0n) is 12.5. The molecule has 2 N–H and O–H groups in total. The molecule has 0 unspecified atom stereocenters. The second-order valence-electron chi connectivity index (χ2n) is 4.93. The largest absolute Gasteiger partial charge is 0.464 e. The number of ether oxygens (including phenoxy) is 2. The van der Waals surface area contributed by atoms with E-state index in [0.29, 0.717) is 0 Å². The normalized spacial score (nSPS) is 14.9. The number of aliphatic hydroxyl groups is 2. The molecule has 0 spiro atoms. The maximum absolute atomic E-state index is 11.3. The molecule has 0 rings (SSSR count). The van der Waals surface area contributed by atoms with Crippen LogP contribution in [-0.4, -0.2) is 47.6 Å². The fourth-order valence-corrected chi connectivity index (χ4v) is 1.43. The summed E-state index contributed by atoms with van der Waals surface area (Å²) < 4.78 is 9.39. The van der Waals surface area contributed by atoms with E-state index in [2.05, 4.69) is 4.74 Å². The molecular formula is C14H24O6. The van der Waals surface area contributed by atoms with Crippen molar-refractivity contribution in [2.24, 2.45) is 5.41 Å². The molecule has 2 atom stereocenters. The van der Waals surface area contributed by atoms with Crippen LogP contribution in [0.25, 0.3) is 0 Å². The third-order valence-electron chi connectivity index (χ3n) is 2.80. The summed E-state index contributed by atoms with van der Waals surface area (Å²) in [7, 11) is 0. The van der Waals surface area contributed by atoms with Crippen LogP contribution in [0.1, 0.15) is 34.1 Å². The highest BCUT2D eigenvalue weighted by atomic mass is 16.5. The lowest BCUT2D eigenvalue weighted by Gasteiger charge is -2.28. The van der Waals surface area contributed by atoms with E-state index in [1.807, 2.05) is 0 Å². The molecule has 0 radical (unpaired) electrons. The van der Waals surface area contributed by atoms with Crippen LogP contribution in [0.5, 0.6) is 0 Å². The highest BCUT2D eigenvalue weighted by Crippen LogP contribution is 2.26. The Morgan fingerprint density at radius 2 is 1.70 bits per heavy atom. The fourth-order valence-electron chi connectivity index (χ4n) is 1.43. The molecule has 0 aliphatic heterocycles. The minimum Gasteiger partial charge on any atom is -0.464 e. The second kappa shape index (κ2) is 8.71. The minimum absolute atomic E-state index is 0.165. The molecule has 0 heterocycles. The van der Waals surface area contributed by atoms with Gasteiger partial charge in [-0.1, -0.05) is 19.9 Å². The number of hydrogen-bond acceptors (Lipinski definition) is 6. The van der Waals surface area contributed by atoms with Crippen LogP contribution in [0, 0.1) is 5.41 Å². The zero-order chi connectivity index (χ0) is 15.8. The van der Waals surface area contributed by atoms with E-state index in [9.17, 15) is 19.8 Å². The smallest absolute Gasteiger partial charge is 0.335 e. The molecule has 0 aromatic carbocycles. The Morgan fingerprint density at radius 3 is 2.20 bits per heavy atom. The van der Waals surface area contributed by atoms with Gasteiger partial charge in [0.2, 0.25) is 0 Å². The van der Waals surface area contributed by atoms with E-state index in [1.165, 1.54) is 12.2 Å². The van der Waals surface area contributed by atoms with E-state index < -0.39 is 29.6 Å². The van der Waals surface area contributed by atoms with Gasteiger partial charge in [0.25, 0.3) is 0 Å². The standard InChI is InChI=1S/C14H24O6/c1-5-19-12(17)7-8-14(3,4)11(16)9-10(15)13(18)20-6-2/h7-8,10-11,15-16H,5-6,9H2,1-4H3/b8-7+/t10-,11+/m0/s1. The van der Waals surface area contributed by atoms with Crippen molar-refractivity contribution in [1.29, 1.82) is 0 Å². The molecule has 0 fully saturated rings. The Morgan fingerprint density at radius 1 is 1.15 bits per heavy atom. The molecule has 0 saturated heterocycles. The molecule has 0 aliphatic carbocycles.